The highest BCUT2D eigenvalue weighted by molar-refractivity contribution is 5.99. The molecule has 0 saturated carbocycles. The zero-order valence-electron chi connectivity index (χ0n) is 11.4. The average molecular weight is 250 g/mol. The lowest BCUT2D eigenvalue weighted by molar-refractivity contribution is 0.0969. The van der Waals surface area contributed by atoms with Crippen molar-refractivity contribution in [3.8, 4) is 0 Å². The molecule has 0 aromatic heterocycles. The van der Waals surface area contributed by atoms with Crippen LogP contribution in [0.15, 0.2) is 42.5 Å². The van der Waals surface area contributed by atoms with Gasteiger partial charge in [-0.1, -0.05) is 48.0 Å². The van der Waals surface area contributed by atoms with Gasteiger partial charge in [-0.25, -0.2) is 0 Å². The summed E-state index contributed by atoms with van der Waals surface area (Å²) in [5, 5.41) is 0. The molecule has 1 unspecified atom stereocenters. The van der Waals surface area contributed by atoms with E-state index in [4.69, 9.17) is 0 Å². The summed E-state index contributed by atoms with van der Waals surface area (Å²) >= 11 is 0. The number of hydrogen-bond donors (Lipinski definition) is 0. The van der Waals surface area contributed by atoms with Crippen LogP contribution in [0.25, 0.3) is 0 Å². The Hall–Kier alpha value is -1.89. The summed E-state index contributed by atoms with van der Waals surface area (Å²) in [6.07, 6.45) is 1.59. The monoisotopic (exact) mass is 250 g/mol. The van der Waals surface area contributed by atoms with E-state index in [-0.39, 0.29) is 5.78 Å². The number of ketones is 1. The summed E-state index contributed by atoms with van der Waals surface area (Å²) in [7, 11) is 0. The minimum absolute atomic E-state index is 0.289. The van der Waals surface area contributed by atoms with Crippen LogP contribution in [0.1, 0.15) is 51.4 Å². The lowest BCUT2D eigenvalue weighted by Crippen LogP contribution is -2.17. The van der Waals surface area contributed by atoms with Gasteiger partial charge in [0.25, 0.3) is 0 Å². The fourth-order valence-electron chi connectivity index (χ4n) is 3.08. The molecule has 0 fully saturated rings. The molecule has 1 aliphatic carbocycles. The maximum Gasteiger partial charge on any atom is 0.163 e. The van der Waals surface area contributed by atoms with E-state index in [2.05, 4.69) is 38.1 Å². The van der Waals surface area contributed by atoms with Crippen LogP contribution in [0.5, 0.6) is 0 Å². The number of Topliss-reactive ketones (excluding diaryl/α,β-unsaturated/α-hetero) is 1. The van der Waals surface area contributed by atoms with Crippen LogP contribution >= 0.6 is 0 Å². The van der Waals surface area contributed by atoms with Gasteiger partial charge in [0.15, 0.2) is 5.78 Å². The molecule has 0 bridgehead atoms. The second kappa shape index (κ2) is 4.65. The van der Waals surface area contributed by atoms with Crippen LogP contribution in [0, 0.1) is 13.8 Å². The molecular formula is C18H18O. The zero-order valence-corrected chi connectivity index (χ0v) is 11.4. The third-order valence-corrected chi connectivity index (χ3v) is 4.11. The predicted molar refractivity (Wildman–Crippen MR) is 77.8 cm³/mol. The normalized spacial score (nSPS) is 18.2. The lowest BCUT2D eigenvalue weighted by atomic mass is 9.77. The molecule has 96 valence electrons. The Morgan fingerprint density at radius 3 is 2.63 bits per heavy atom. The maximum atomic E-state index is 12.0. The first-order valence-electron chi connectivity index (χ1n) is 6.86. The number of carbonyl (C=O) groups is 1. The topological polar surface area (TPSA) is 17.1 Å². The molecule has 2 aromatic rings. The van der Waals surface area contributed by atoms with Gasteiger partial charge in [-0.15, -0.1) is 0 Å². The molecule has 1 heteroatoms. The molecule has 1 atom stereocenters. The Labute approximate surface area is 114 Å². The van der Waals surface area contributed by atoms with E-state index in [1.54, 1.807) is 0 Å². The number of aryl methyl sites for hydroxylation is 2. The first-order valence-corrected chi connectivity index (χ1v) is 6.86. The zero-order chi connectivity index (χ0) is 13.4. The number of rotatable bonds is 1. The van der Waals surface area contributed by atoms with Crippen molar-refractivity contribution in [1.29, 1.82) is 0 Å². The van der Waals surface area contributed by atoms with E-state index >= 15 is 0 Å². The Balaban J connectivity index is 2.15. The van der Waals surface area contributed by atoms with Crippen molar-refractivity contribution >= 4 is 5.78 Å². The molecule has 1 aliphatic rings. The van der Waals surface area contributed by atoms with Gasteiger partial charge < -0.3 is 0 Å². The van der Waals surface area contributed by atoms with E-state index in [9.17, 15) is 4.79 Å². The Morgan fingerprint density at radius 2 is 1.79 bits per heavy atom. The number of carbonyl (C=O) groups excluding carboxylic acids is 1. The van der Waals surface area contributed by atoms with E-state index in [1.165, 1.54) is 22.3 Å². The highest BCUT2D eigenvalue weighted by Gasteiger charge is 2.27. The molecule has 0 amide bonds. The van der Waals surface area contributed by atoms with Crippen LogP contribution < -0.4 is 0 Å². The second-order valence-electron chi connectivity index (χ2n) is 5.46. The first-order chi connectivity index (χ1) is 9.16. The lowest BCUT2D eigenvalue weighted by Gasteiger charge is -2.26. The van der Waals surface area contributed by atoms with Crippen LogP contribution in [0.2, 0.25) is 0 Å². The molecule has 0 spiro atoms. The predicted octanol–water partition coefficient (Wildman–Crippen LogP) is 4.41. The van der Waals surface area contributed by atoms with Crippen molar-refractivity contribution in [3.63, 3.8) is 0 Å². The smallest absolute Gasteiger partial charge is 0.163 e. The minimum Gasteiger partial charge on any atom is -0.294 e. The van der Waals surface area contributed by atoms with Crippen LogP contribution in [-0.4, -0.2) is 5.78 Å². The van der Waals surface area contributed by atoms with Gasteiger partial charge in [-0.2, -0.15) is 0 Å². The summed E-state index contributed by atoms with van der Waals surface area (Å²) < 4.78 is 0. The van der Waals surface area contributed by atoms with E-state index in [0.29, 0.717) is 12.3 Å². The van der Waals surface area contributed by atoms with Crippen molar-refractivity contribution in [2.24, 2.45) is 0 Å². The first kappa shape index (κ1) is 12.2. The molecule has 19 heavy (non-hydrogen) atoms. The number of benzene rings is 2. The molecular weight excluding hydrogens is 232 g/mol. The van der Waals surface area contributed by atoms with Gasteiger partial charge in [0.1, 0.15) is 0 Å². The third kappa shape index (κ3) is 2.10. The molecule has 1 nitrogen and oxygen atoms in total. The summed E-state index contributed by atoms with van der Waals surface area (Å²) in [5.74, 6) is 0.658. The van der Waals surface area contributed by atoms with Crippen molar-refractivity contribution in [1.82, 2.24) is 0 Å². The molecule has 0 saturated heterocycles. The molecule has 0 N–H and O–H groups in total. The summed E-state index contributed by atoms with van der Waals surface area (Å²) in [6.45, 7) is 4.29. The Kier molecular flexibility index (Phi) is 2.98. The van der Waals surface area contributed by atoms with Gasteiger partial charge >= 0.3 is 0 Å². The number of hydrogen-bond acceptors (Lipinski definition) is 1. The SMILES string of the molecule is Cc1ccc(C)c(C2CCC(=O)c3ccccc32)c1. The summed E-state index contributed by atoms with van der Waals surface area (Å²) in [6, 6.07) is 14.7. The van der Waals surface area contributed by atoms with E-state index < -0.39 is 0 Å². The fraction of sp³-hybridized carbons (Fsp3) is 0.278. The quantitative estimate of drug-likeness (QED) is 0.732. The van der Waals surface area contributed by atoms with E-state index in [0.717, 1.165) is 12.0 Å². The highest BCUT2D eigenvalue weighted by Crippen LogP contribution is 2.38. The molecule has 0 aliphatic heterocycles. The number of fused-ring (bicyclic) bond motifs is 1. The minimum atomic E-state index is 0.289. The van der Waals surface area contributed by atoms with Crippen LogP contribution in [0.3, 0.4) is 0 Å². The molecule has 2 aromatic carbocycles. The van der Waals surface area contributed by atoms with Crippen LogP contribution in [0.4, 0.5) is 0 Å². The van der Waals surface area contributed by atoms with Gasteiger partial charge in [0.2, 0.25) is 0 Å². The highest BCUT2D eigenvalue weighted by atomic mass is 16.1. The second-order valence-corrected chi connectivity index (χ2v) is 5.46. The third-order valence-electron chi connectivity index (χ3n) is 4.11. The maximum absolute atomic E-state index is 12.0. The van der Waals surface area contributed by atoms with Crippen molar-refractivity contribution < 1.29 is 4.79 Å². The Bertz CT molecular complexity index is 640. The van der Waals surface area contributed by atoms with Gasteiger partial charge in [-0.3, -0.25) is 4.79 Å². The van der Waals surface area contributed by atoms with Crippen molar-refractivity contribution in [2.45, 2.75) is 32.6 Å². The summed E-state index contributed by atoms with van der Waals surface area (Å²) in [4.78, 5) is 12.0. The van der Waals surface area contributed by atoms with Gasteiger partial charge in [0.05, 0.1) is 0 Å². The fourth-order valence-corrected chi connectivity index (χ4v) is 3.08. The van der Waals surface area contributed by atoms with Gasteiger partial charge in [-0.05, 0) is 37.0 Å². The average Bonchev–Trinajstić information content (AvgIpc) is 2.43. The van der Waals surface area contributed by atoms with Gasteiger partial charge in [0, 0.05) is 17.9 Å². The summed E-state index contributed by atoms with van der Waals surface area (Å²) in [5.41, 5.74) is 6.10. The molecule has 0 radical (unpaired) electrons. The van der Waals surface area contributed by atoms with Crippen molar-refractivity contribution in [3.05, 3.63) is 70.3 Å². The Morgan fingerprint density at radius 1 is 1.00 bits per heavy atom. The molecule has 0 heterocycles. The largest absolute Gasteiger partial charge is 0.294 e. The van der Waals surface area contributed by atoms with Crippen molar-refractivity contribution in [2.75, 3.05) is 0 Å². The van der Waals surface area contributed by atoms with E-state index in [1.807, 2.05) is 18.2 Å². The standard InChI is InChI=1S/C18H18O/c1-12-7-8-13(2)17(11-12)15-9-10-18(19)16-6-4-3-5-14(15)16/h3-8,11,15H,9-10H2,1-2H3. The van der Waals surface area contributed by atoms with Crippen LogP contribution in [-0.2, 0) is 0 Å². The molecule has 3 rings (SSSR count).